The Morgan fingerprint density at radius 2 is 1.55 bits per heavy atom. The average Bonchev–Trinajstić information content (AvgIpc) is 2.79. The standard InChI is InChI=1S/C28H44O/c1-4-22-10-16-25(17-11-22)26-18-12-23(13-19-26)8-6-7-9-24-14-20-27(21-15-24)28(5-2)29-3/h4,14-15,20-23,25-26,28H,1,5-13,16-19H2,2-3H3. The molecule has 2 aliphatic rings. The molecular formula is C28H44O. The molecule has 0 N–H and O–H groups in total. The first-order valence-corrected chi connectivity index (χ1v) is 12.5. The van der Waals surface area contributed by atoms with Gasteiger partial charge in [0.2, 0.25) is 0 Å². The summed E-state index contributed by atoms with van der Waals surface area (Å²) in [6, 6.07) is 9.14. The highest BCUT2D eigenvalue weighted by atomic mass is 16.5. The fraction of sp³-hybridized carbons (Fsp3) is 0.714. The van der Waals surface area contributed by atoms with Crippen LogP contribution in [0.15, 0.2) is 36.9 Å². The highest BCUT2D eigenvalue weighted by Crippen LogP contribution is 2.42. The smallest absolute Gasteiger partial charge is 0.0818 e. The molecule has 2 aliphatic carbocycles. The molecule has 0 saturated heterocycles. The molecule has 0 heterocycles. The van der Waals surface area contributed by atoms with Gasteiger partial charge in [-0.15, -0.1) is 6.58 Å². The lowest BCUT2D eigenvalue weighted by molar-refractivity contribution is 0.100. The summed E-state index contributed by atoms with van der Waals surface area (Å²) in [5, 5.41) is 0. The van der Waals surface area contributed by atoms with Gasteiger partial charge in [0.25, 0.3) is 0 Å². The number of benzene rings is 1. The van der Waals surface area contributed by atoms with E-state index >= 15 is 0 Å². The second kappa shape index (κ2) is 11.9. The number of allylic oxidation sites excluding steroid dienone is 1. The van der Waals surface area contributed by atoms with Crippen LogP contribution in [0.25, 0.3) is 0 Å². The molecule has 29 heavy (non-hydrogen) atoms. The van der Waals surface area contributed by atoms with Crippen LogP contribution in [0.1, 0.15) is 101 Å². The number of hydrogen-bond donors (Lipinski definition) is 0. The van der Waals surface area contributed by atoms with Gasteiger partial charge in [-0.05, 0) is 92.6 Å². The molecule has 0 aliphatic heterocycles. The molecular weight excluding hydrogens is 352 g/mol. The van der Waals surface area contributed by atoms with Gasteiger partial charge in [-0.25, -0.2) is 0 Å². The molecule has 3 rings (SSSR count). The number of hydrogen-bond acceptors (Lipinski definition) is 1. The first-order chi connectivity index (χ1) is 14.2. The van der Waals surface area contributed by atoms with Crippen LogP contribution in [-0.4, -0.2) is 7.11 Å². The van der Waals surface area contributed by atoms with Crippen LogP contribution in [0, 0.1) is 23.7 Å². The monoisotopic (exact) mass is 396 g/mol. The Labute approximate surface area is 180 Å². The van der Waals surface area contributed by atoms with Crippen molar-refractivity contribution in [1.82, 2.24) is 0 Å². The summed E-state index contributed by atoms with van der Waals surface area (Å²) < 4.78 is 5.54. The van der Waals surface area contributed by atoms with Gasteiger partial charge < -0.3 is 4.74 Å². The topological polar surface area (TPSA) is 9.23 Å². The zero-order valence-electron chi connectivity index (χ0n) is 19.1. The lowest BCUT2D eigenvalue weighted by Crippen LogP contribution is -2.25. The molecule has 0 aromatic heterocycles. The number of aryl methyl sites for hydroxylation is 1. The lowest BCUT2D eigenvalue weighted by atomic mass is 9.68. The van der Waals surface area contributed by atoms with Crippen LogP contribution in [0.4, 0.5) is 0 Å². The van der Waals surface area contributed by atoms with Crippen LogP contribution in [0.5, 0.6) is 0 Å². The molecule has 1 nitrogen and oxygen atoms in total. The Morgan fingerprint density at radius 1 is 0.931 bits per heavy atom. The Kier molecular flexibility index (Phi) is 9.31. The summed E-state index contributed by atoms with van der Waals surface area (Å²) in [4.78, 5) is 0. The van der Waals surface area contributed by atoms with E-state index in [2.05, 4.69) is 43.8 Å². The van der Waals surface area contributed by atoms with Crippen molar-refractivity contribution in [2.75, 3.05) is 7.11 Å². The normalized spacial score (nSPS) is 28.8. The van der Waals surface area contributed by atoms with Gasteiger partial charge in [0, 0.05) is 7.11 Å². The van der Waals surface area contributed by atoms with Crippen molar-refractivity contribution in [3.8, 4) is 0 Å². The van der Waals surface area contributed by atoms with Crippen molar-refractivity contribution in [3.63, 3.8) is 0 Å². The second-order valence-electron chi connectivity index (χ2n) is 9.81. The van der Waals surface area contributed by atoms with Crippen LogP contribution < -0.4 is 0 Å². The molecule has 2 saturated carbocycles. The first kappa shape index (κ1) is 22.6. The van der Waals surface area contributed by atoms with E-state index in [-0.39, 0.29) is 6.10 Å². The average molecular weight is 397 g/mol. The van der Waals surface area contributed by atoms with Crippen LogP contribution >= 0.6 is 0 Å². The third-order valence-electron chi connectivity index (χ3n) is 8.04. The molecule has 2 fully saturated rings. The minimum Gasteiger partial charge on any atom is -0.377 e. The summed E-state index contributed by atoms with van der Waals surface area (Å²) in [7, 11) is 1.81. The second-order valence-corrected chi connectivity index (χ2v) is 9.81. The Bertz CT molecular complexity index is 569. The molecule has 1 aromatic carbocycles. The largest absolute Gasteiger partial charge is 0.377 e. The zero-order chi connectivity index (χ0) is 20.5. The number of methoxy groups -OCH3 is 1. The van der Waals surface area contributed by atoms with Crippen molar-refractivity contribution in [2.45, 2.75) is 96.5 Å². The zero-order valence-corrected chi connectivity index (χ0v) is 19.1. The Morgan fingerprint density at radius 3 is 2.10 bits per heavy atom. The van der Waals surface area contributed by atoms with Crippen LogP contribution in [0.2, 0.25) is 0 Å². The highest BCUT2D eigenvalue weighted by Gasteiger charge is 2.30. The predicted molar refractivity (Wildman–Crippen MR) is 125 cm³/mol. The SMILES string of the molecule is C=CC1CCC(C2CCC(CCCCc3ccc(C(CC)OC)cc3)CC2)CC1. The minimum atomic E-state index is 0.246. The van der Waals surface area contributed by atoms with Crippen LogP contribution in [0.3, 0.4) is 0 Å². The maximum absolute atomic E-state index is 5.54. The van der Waals surface area contributed by atoms with E-state index < -0.39 is 0 Å². The molecule has 162 valence electrons. The number of ether oxygens (including phenoxy) is 1. The quantitative estimate of drug-likeness (QED) is 0.285. The summed E-state index contributed by atoms with van der Waals surface area (Å²) >= 11 is 0. The fourth-order valence-electron chi connectivity index (χ4n) is 6.00. The Hall–Kier alpha value is -1.08. The first-order valence-electron chi connectivity index (χ1n) is 12.5. The van der Waals surface area contributed by atoms with Gasteiger partial charge in [0.05, 0.1) is 6.10 Å². The van der Waals surface area contributed by atoms with E-state index in [1.165, 1.54) is 88.2 Å². The van der Waals surface area contributed by atoms with Gasteiger partial charge in [0.15, 0.2) is 0 Å². The molecule has 0 amide bonds. The molecule has 1 atom stereocenters. The molecule has 1 unspecified atom stereocenters. The molecule has 0 bridgehead atoms. The van der Waals surface area contributed by atoms with Crippen molar-refractivity contribution < 1.29 is 4.74 Å². The van der Waals surface area contributed by atoms with E-state index in [1.54, 1.807) is 0 Å². The van der Waals surface area contributed by atoms with E-state index in [0.717, 1.165) is 30.1 Å². The fourth-order valence-corrected chi connectivity index (χ4v) is 6.00. The summed E-state index contributed by atoms with van der Waals surface area (Å²) in [6.07, 6.45) is 20.6. The molecule has 0 spiro atoms. The van der Waals surface area contributed by atoms with Crippen molar-refractivity contribution in [3.05, 3.63) is 48.0 Å². The van der Waals surface area contributed by atoms with E-state index in [1.807, 2.05) is 7.11 Å². The van der Waals surface area contributed by atoms with Crippen LogP contribution in [-0.2, 0) is 11.2 Å². The molecule has 1 aromatic rings. The highest BCUT2D eigenvalue weighted by molar-refractivity contribution is 5.24. The van der Waals surface area contributed by atoms with E-state index in [9.17, 15) is 0 Å². The third-order valence-corrected chi connectivity index (χ3v) is 8.04. The third kappa shape index (κ3) is 6.71. The van der Waals surface area contributed by atoms with Gasteiger partial charge in [-0.3, -0.25) is 0 Å². The van der Waals surface area contributed by atoms with E-state index in [0.29, 0.717) is 0 Å². The molecule has 1 heteroatoms. The van der Waals surface area contributed by atoms with Gasteiger partial charge in [-0.2, -0.15) is 0 Å². The van der Waals surface area contributed by atoms with Gasteiger partial charge in [0.1, 0.15) is 0 Å². The summed E-state index contributed by atoms with van der Waals surface area (Å²) in [5.74, 6) is 3.88. The number of unbranched alkanes of at least 4 members (excludes halogenated alkanes) is 1. The maximum atomic E-state index is 5.54. The van der Waals surface area contributed by atoms with Gasteiger partial charge >= 0.3 is 0 Å². The summed E-state index contributed by atoms with van der Waals surface area (Å²) in [5.41, 5.74) is 2.80. The van der Waals surface area contributed by atoms with Crippen molar-refractivity contribution in [1.29, 1.82) is 0 Å². The van der Waals surface area contributed by atoms with Gasteiger partial charge in [-0.1, -0.05) is 62.9 Å². The van der Waals surface area contributed by atoms with Crippen molar-refractivity contribution in [2.24, 2.45) is 23.7 Å². The van der Waals surface area contributed by atoms with E-state index in [4.69, 9.17) is 4.74 Å². The predicted octanol–water partition coefficient (Wildman–Crippen LogP) is 8.30. The number of rotatable bonds is 10. The Balaban J connectivity index is 1.29. The minimum absolute atomic E-state index is 0.246. The lowest BCUT2D eigenvalue weighted by Gasteiger charge is -2.37. The van der Waals surface area contributed by atoms with Crippen molar-refractivity contribution >= 4 is 0 Å². The summed E-state index contributed by atoms with van der Waals surface area (Å²) in [6.45, 7) is 6.18. The maximum Gasteiger partial charge on any atom is 0.0818 e. The molecule has 0 radical (unpaired) electrons.